The topological polar surface area (TPSA) is 94.1 Å². The number of H-pyrrole nitrogens is 1. The van der Waals surface area contributed by atoms with Gasteiger partial charge < -0.3 is 4.74 Å². The molecule has 3 rings (SSSR count). The number of hydrogen-bond acceptors (Lipinski definition) is 5. The summed E-state index contributed by atoms with van der Waals surface area (Å²) in [7, 11) is 0. The Balaban J connectivity index is 1.85. The second-order valence-corrected chi connectivity index (χ2v) is 4.53. The van der Waals surface area contributed by atoms with E-state index in [2.05, 4.69) is 5.10 Å². The molecule has 0 amide bonds. The molecule has 0 atom stereocenters. The lowest BCUT2D eigenvalue weighted by Crippen LogP contribution is -2.32. The van der Waals surface area contributed by atoms with Gasteiger partial charge in [-0.3, -0.25) is 9.78 Å². The number of rotatable bonds is 3. The van der Waals surface area contributed by atoms with Crippen molar-refractivity contribution in [3.8, 4) is 0 Å². The van der Waals surface area contributed by atoms with Gasteiger partial charge in [-0.15, -0.1) is 0 Å². The van der Waals surface area contributed by atoms with Crippen LogP contribution in [0.3, 0.4) is 0 Å². The van der Waals surface area contributed by atoms with E-state index in [0.717, 1.165) is 21.7 Å². The third kappa shape index (κ3) is 2.64. The molecule has 7 heteroatoms. The number of esters is 1. The van der Waals surface area contributed by atoms with Gasteiger partial charge in [0.25, 0.3) is 5.56 Å². The molecule has 0 bridgehead atoms. The lowest BCUT2D eigenvalue weighted by molar-refractivity contribution is 0.0339. The highest BCUT2D eigenvalue weighted by Crippen LogP contribution is 2.19. The summed E-state index contributed by atoms with van der Waals surface area (Å²) in [5.41, 5.74) is -0.949. The number of benzene rings is 2. The maximum atomic E-state index is 12.2. The molecule has 0 aliphatic carbocycles. The Morgan fingerprint density at radius 3 is 2.73 bits per heavy atom. The SMILES string of the molecule is O=C(OCn1ncc(=O)[nH]c1=O)c1cccc2ccccc12. The number of carbonyl (C=O) groups is 1. The molecule has 0 spiro atoms. The van der Waals surface area contributed by atoms with E-state index >= 15 is 0 Å². The van der Waals surface area contributed by atoms with Gasteiger partial charge >= 0.3 is 11.7 Å². The predicted molar refractivity (Wildman–Crippen MR) is 78.5 cm³/mol. The molecule has 22 heavy (non-hydrogen) atoms. The smallest absolute Gasteiger partial charge is 0.347 e. The quantitative estimate of drug-likeness (QED) is 0.725. The number of hydrogen-bond donors (Lipinski definition) is 1. The summed E-state index contributed by atoms with van der Waals surface area (Å²) in [6.07, 6.45) is 0.938. The van der Waals surface area contributed by atoms with E-state index in [9.17, 15) is 14.4 Å². The van der Waals surface area contributed by atoms with Crippen molar-refractivity contribution in [2.24, 2.45) is 0 Å². The fraction of sp³-hybridized carbons (Fsp3) is 0.0667. The minimum absolute atomic E-state index is 0.377. The largest absolute Gasteiger partial charge is 0.439 e. The predicted octanol–water partition coefficient (Wildman–Crippen LogP) is 0.899. The maximum absolute atomic E-state index is 12.2. The van der Waals surface area contributed by atoms with Gasteiger partial charge in [-0.1, -0.05) is 36.4 Å². The number of aromatic nitrogens is 3. The molecule has 7 nitrogen and oxygen atoms in total. The number of nitrogens with zero attached hydrogens (tertiary/aromatic N) is 2. The van der Waals surface area contributed by atoms with Gasteiger partial charge in [0, 0.05) is 0 Å². The molecule has 1 N–H and O–H groups in total. The van der Waals surface area contributed by atoms with Crippen LogP contribution in [-0.2, 0) is 11.5 Å². The first-order valence-corrected chi connectivity index (χ1v) is 6.46. The third-order valence-corrected chi connectivity index (χ3v) is 3.11. The van der Waals surface area contributed by atoms with E-state index in [1.165, 1.54) is 0 Å². The summed E-state index contributed by atoms with van der Waals surface area (Å²) in [4.78, 5) is 36.6. The van der Waals surface area contributed by atoms with Crippen molar-refractivity contribution in [2.75, 3.05) is 0 Å². The standard InChI is InChI=1S/C15H11N3O4/c19-13-8-16-18(15(21)17-13)9-22-14(20)12-7-3-5-10-4-1-2-6-11(10)12/h1-8H,9H2,(H,17,19,21). The number of aromatic amines is 1. The van der Waals surface area contributed by atoms with Crippen molar-refractivity contribution >= 4 is 16.7 Å². The summed E-state index contributed by atoms with van der Waals surface area (Å²) in [6, 6.07) is 12.7. The first-order chi connectivity index (χ1) is 10.6. The molecule has 0 radical (unpaired) electrons. The average molecular weight is 297 g/mol. The molecule has 1 aromatic heterocycles. The molecule has 1 heterocycles. The second-order valence-electron chi connectivity index (χ2n) is 4.53. The van der Waals surface area contributed by atoms with Gasteiger partial charge in [-0.05, 0) is 16.8 Å². The van der Waals surface area contributed by atoms with Crippen LogP contribution in [0.4, 0.5) is 0 Å². The zero-order valence-corrected chi connectivity index (χ0v) is 11.4. The lowest BCUT2D eigenvalue weighted by Gasteiger charge is -2.08. The molecular formula is C15H11N3O4. The van der Waals surface area contributed by atoms with Crippen molar-refractivity contribution in [3.63, 3.8) is 0 Å². The van der Waals surface area contributed by atoms with Crippen molar-refractivity contribution in [1.82, 2.24) is 14.8 Å². The molecule has 0 aliphatic rings. The van der Waals surface area contributed by atoms with Crippen LogP contribution in [0.25, 0.3) is 10.8 Å². The normalized spacial score (nSPS) is 10.5. The number of nitrogens with one attached hydrogen (secondary N) is 1. The zero-order chi connectivity index (χ0) is 15.5. The molecule has 3 aromatic rings. The molecule has 0 saturated carbocycles. The van der Waals surface area contributed by atoms with Gasteiger partial charge in [0.05, 0.1) is 5.56 Å². The summed E-state index contributed by atoms with van der Waals surface area (Å²) < 4.78 is 5.93. The third-order valence-electron chi connectivity index (χ3n) is 3.11. The number of fused-ring (bicyclic) bond motifs is 1. The first-order valence-electron chi connectivity index (χ1n) is 6.46. The van der Waals surface area contributed by atoms with E-state index in [4.69, 9.17) is 4.74 Å². The zero-order valence-electron chi connectivity index (χ0n) is 11.4. The van der Waals surface area contributed by atoms with E-state index < -0.39 is 17.2 Å². The van der Waals surface area contributed by atoms with Gasteiger partial charge in [-0.2, -0.15) is 9.78 Å². The minimum Gasteiger partial charge on any atom is -0.439 e. The van der Waals surface area contributed by atoms with Crippen LogP contribution in [0.2, 0.25) is 0 Å². The van der Waals surface area contributed by atoms with Crippen LogP contribution in [0.5, 0.6) is 0 Å². The van der Waals surface area contributed by atoms with Crippen molar-refractivity contribution in [1.29, 1.82) is 0 Å². The summed E-state index contributed by atoms with van der Waals surface area (Å²) in [5.74, 6) is -0.572. The van der Waals surface area contributed by atoms with E-state index in [0.29, 0.717) is 5.56 Å². The van der Waals surface area contributed by atoms with Crippen LogP contribution in [-0.4, -0.2) is 20.7 Å². The van der Waals surface area contributed by atoms with Gasteiger partial charge in [0.15, 0.2) is 6.73 Å². The fourth-order valence-electron chi connectivity index (χ4n) is 2.07. The second kappa shape index (κ2) is 5.65. The number of ether oxygens (including phenoxy) is 1. The Labute approximate surface area is 123 Å². The highest BCUT2D eigenvalue weighted by Gasteiger charge is 2.11. The summed E-state index contributed by atoms with van der Waals surface area (Å²) in [6.45, 7) is -0.377. The molecule has 2 aromatic carbocycles. The molecule has 0 fully saturated rings. The minimum atomic E-state index is -0.738. The fourth-order valence-corrected chi connectivity index (χ4v) is 2.07. The molecule has 0 aliphatic heterocycles. The van der Waals surface area contributed by atoms with Gasteiger partial charge in [0.2, 0.25) is 0 Å². The van der Waals surface area contributed by atoms with Crippen molar-refractivity contribution < 1.29 is 9.53 Å². The van der Waals surface area contributed by atoms with Crippen LogP contribution in [0, 0.1) is 0 Å². The van der Waals surface area contributed by atoms with Crippen LogP contribution < -0.4 is 11.2 Å². The first kappa shape index (κ1) is 13.7. The van der Waals surface area contributed by atoms with Crippen LogP contribution in [0.15, 0.2) is 58.3 Å². The van der Waals surface area contributed by atoms with E-state index in [1.54, 1.807) is 12.1 Å². The van der Waals surface area contributed by atoms with Gasteiger partial charge in [-0.25, -0.2) is 9.59 Å². The molecule has 0 saturated heterocycles. The Morgan fingerprint density at radius 2 is 1.91 bits per heavy atom. The Kier molecular flexibility index (Phi) is 3.53. The molecule has 0 unspecified atom stereocenters. The van der Waals surface area contributed by atoms with E-state index in [-0.39, 0.29) is 6.73 Å². The maximum Gasteiger partial charge on any atom is 0.347 e. The summed E-state index contributed by atoms with van der Waals surface area (Å²) in [5, 5.41) is 5.26. The molecular weight excluding hydrogens is 286 g/mol. The Morgan fingerprint density at radius 1 is 1.14 bits per heavy atom. The Bertz CT molecular complexity index is 953. The van der Waals surface area contributed by atoms with Crippen LogP contribution >= 0.6 is 0 Å². The van der Waals surface area contributed by atoms with Gasteiger partial charge in [0.1, 0.15) is 6.20 Å². The highest BCUT2D eigenvalue weighted by molar-refractivity contribution is 6.04. The summed E-state index contributed by atoms with van der Waals surface area (Å²) >= 11 is 0. The average Bonchev–Trinajstić information content (AvgIpc) is 2.53. The monoisotopic (exact) mass is 297 g/mol. The Hall–Kier alpha value is -3.22. The van der Waals surface area contributed by atoms with Crippen molar-refractivity contribution in [3.05, 3.63) is 75.1 Å². The number of carbonyl (C=O) groups excluding carboxylic acids is 1. The van der Waals surface area contributed by atoms with Crippen molar-refractivity contribution in [2.45, 2.75) is 6.73 Å². The lowest BCUT2D eigenvalue weighted by atomic mass is 10.1. The van der Waals surface area contributed by atoms with E-state index in [1.807, 2.05) is 35.3 Å². The molecule has 110 valence electrons. The highest BCUT2D eigenvalue weighted by atomic mass is 16.5. The van der Waals surface area contributed by atoms with Crippen LogP contribution in [0.1, 0.15) is 10.4 Å².